The third-order valence-corrected chi connectivity index (χ3v) is 3.84. The summed E-state index contributed by atoms with van der Waals surface area (Å²) in [6, 6.07) is -0.442. The number of amides is 2. The van der Waals surface area contributed by atoms with Crippen molar-refractivity contribution >= 4 is 12.0 Å². The standard InChI is InChI=1S/C16H31N3O3/c1-11(2)13(17)14(20)19-8-7-12(10-19)9-18(6)15(21)22-16(3,4)5/h11-13H,7-10,17H2,1-6H3/t12?,13-/m0/s1. The van der Waals surface area contributed by atoms with E-state index in [4.69, 9.17) is 10.5 Å². The van der Waals surface area contributed by atoms with Crippen LogP contribution in [-0.4, -0.2) is 60.1 Å². The van der Waals surface area contributed by atoms with E-state index in [2.05, 4.69) is 0 Å². The zero-order chi connectivity index (χ0) is 17.1. The van der Waals surface area contributed by atoms with Crippen LogP contribution in [0.5, 0.6) is 0 Å². The molecule has 0 aromatic rings. The molecule has 0 bridgehead atoms. The maximum Gasteiger partial charge on any atom is 0.410 e. The largest absolute Gasteiger partial charge is 0.444 e. The molecule has 2 amide bonds. The first-order valence-electron chi connectivity index (χ1n) is 7.99. The summed E-state index contributed by atoms with van der Waals surface area (Å²) in [7, 11) is 1.73. The highest BCUT2D eigenvalue weighted by molar-refractivity contribution is 5.82. The number of nitrogens with two attached hydrogens (primary N) is 1. The van der Waals surface area contributed by atoms with Crippen LogP contribution >= 0.6 is 0 Å². The molecule has 0 aromatic carbocycles. The molecule has 1 unspecified atom stereocenters. The van der Waals surface area contributed by atoms with Gasteiger partial charge in [-0.1, -0.05) is 13.8 Å². The van der Waals surface area contributed by atoms with Crippen LogP contribution in [0.15, 0.2) is 0 Å². The van der Waals surface area contributed by atoms with Crippen molar-refractivity contribution in [1.29, 1.82) is 0 Å². The van der Waals surface area contributed by atoms with Gasteiger partial charge in [-0.05, 0) is 39.0 Å². The highest BCUT2D eigenvalue weighted by atomic mass is 16.6. The van der Waals surface area contributed by atoms with Crippen LogP contribution < -0.4 is 5.73 Å². The third-order valence-electron chi connectivity index (χ3n) is 3.84. The zero-order valence-electron chi connectivity index (χ0n) is 14.8. The Morgan fingerprint density at radius 1 is 1.36 bits per heavy atom. The average molecular weight is 313 g/mol. The molecule has 0 aliphatic carbocycles. The van der Waals surface area contributed by atoms with E-state index in [1.165, 1.54) is 0 Å². The lowest BCUT2D eigenvalue weighted by molar-refractivity contribution is -0.132. The molecule has 1 saturated heterocycles. The first-order chi connectivity index (χ1) is 10.0. The number of rotatable bonds is 4. The van der Waals surface area contributed by atoms with E-state index in [-0.39, 0.29) is 23.8 Å². The predicted molar refractivity (Wildman–Crippen MR) is 86.4 cm³/mol. The van der Waals surface area contributed by atoms with Crippen molar-refractivity contribution < 1.29 is 14.3 Å². The molecular formula is C16H31N3O3. The van der Waals surface area contributed by atoms with Crippen LogP contribution in [0.1, 0.15) is 41.0 Å². The van der Waals surface area contributed by atoms with Crippen molar-refractivity contribution in [3.8, 4) is 0 Å². The number of carbonyl (C=O) groups is 2. The minimum absolute atomic E-state index is 0.0115. The first-order valence-corrected chi connectivity index (χ1v) is 7.99. The Kier molecular flexibility index (Phi) is 6.23. The van der Waals surface area contributed by atoms with Gasteiger partial charge in [0.05, 0.1) is 6.04 Å². The van der Waals surface area contributed by atoms with Crippen molar-refractivity contribution in [2.24, 2.45) is 17.6 Å². The molecule has 1 aliphatic heterocycles. The molecule has 1 fully saturated rings. The lowest BCUT2D eigenvalue weighted by atomic mass is 10.0. The Labute approximate surface area is 134 Å². The smallest absolute Gasteiger partial charge is 0.410 e. The second-order valence-corrected chi connectivity index (χ2v) is 7.57. The molecule has 22 heavy (non-hydrogen) atoms. The summed E-state index contributed by atoms with van der Waals surface area (Å²) in [6.07, 6.45) is 0.570. The van der Waals surface area contributed by atoms with Gasteiger partial charge in [0.15, 0.2) is 0 Å². The van der Waals surface area contributed by atoms with Gasteiger partial charge in [0, 0.05) is 26.7 Å². The van der Waals surface area contributed by atoms with Gasteiger partial charge in [0.1, 0.15) is 5.60 Å². The third kappa shape index (κ3) is 5.48. The molecule has 2 N–H and O–H groups in total. The Morgan fingerprint density at radius 3 is 2.45 bits per heavy atom. The molecule has 0 radical (unpaired) electrons. The predicted octanol–water partition coefficient (Wildman–Crippen LogP) is 1.69. The minimum atomic E-state index is -0.493. The number of hydrogen-bond acceptors (Lipinski definition) is 4. The lowest BCUT2D eigenvalue weighted by Crippen LogP contribution is -2.46. The number of likely N-dealkylation sites (tertiary alicyclic amines) is 1. The average Bonchev–Trinajstić information content (AvgIpc) is 2.83. The van der Waals surface area contributed by atoms with Crippen LogP contribution in [0.2, 0.25) is 0 Å². The summed E-state index contributed by atoms with van der Waals surface area (Å²) < 4.78 is 5.34. The molecule has 6 nitrogen and oxygen atoms in total. The number of nitrogens with zero attached hydrogens (tertiary/aromatic N) is 2. The van der Waals surface area contributed by atoms with Crippen LogP contribution in [0.3, 0.4) is 0 Å². The molecule has 1 rings (SSSR count). The number of ether oxygens (including phenoxy) is 1. The van der Waals surface area contributed by atoms with Crippen LogP contribution in [0.4, 0.5) is 4.79 Å². The number of hydrogen-bond donors (Lipinski definition) is 1. The zero-order valence-corrected chi connectivity index (χ0v) is 14.8. The van der Waals surface area contributed by atoms with Gasteiger partial charge in [-0.25, -0.2) is 4.79 Å². The fraction of sp³-hybridized carbons (Fsp3) is 0.875. The van der Waals surface area contributed by atoms with Crippen molar-refractivity contribution in [1.82, 2.24) is 9.80 Å². The van der Waals surface area contributed by atoms with E-state index in [1.807, 2.05) is 39.5 Å². The molecule has 1 heterocycles. The molecule has 0 aromatic heterocycles. The van der Waals surface area contributed by atoms with E-state index in [1.54, 1.807) is 11.9 Å². The van der Waals surface area contributed by atoms with E-state index in [0.717, 1.165) is 6.42 Å². The summed E-state index contributed by atoms with van der Waals surface area (Å²) in [6.45, 7) is 11.4. The topological polar surface area (TPSA) is 75.9 Å². The van der Waals surface area contributed by atoms with Gasteiger partial charge in [0.25, 0.3) is 0 Å². The van der Waals surface area contributed by atoms with Crippen LogP contribution in [0, 0.1) is 11.8 Å². The normalized spacial score (nSPS) is 20.2. The van der Waals surface area contributed by atoms with E-state index < -0.39 is 11.6 Å². The van der Waals surface area contributed by atoms with Crippen LogP contribution in [-0.2, 0) is 9.53 Å². The Balaban J connectivity index is 2.47. The summed E-state index contributed by atoms with van der Waals surface area (Å²) in [5, 5.41) is 0. The van der Waals surface area contributed by atoms with Crippen molar-refractivity contribution in [2.45, 2.75) is 52.7 Å². The summed E-state index contributed by atoms with van der Waals surface area (Å²) in [5.41, 5.74) is 5.44. The summed E-state index contributed by atoms with van der Waals surface area (Å²) in [5.74, 6) is 0.425. The van der Waals surface area contributed by atoms with Crippen molar-refractivity contribution in [3.05, 3.63) is 0 Å². The molecule has 128 valence electrons. The molecular weight excluding hydrogens is 282 g/mol. The quantitative estimate of drug-likeness (QED) is 0.857. The van der Waals surface area contributed by atoms with Gasteiger partial charge in [-0.15, -0.1) is 0 Å². The second-order valence-electron chi connectivity index (χ2n) is 7.57. The highest BCUT2D eigenvalue weighted by Gasteiger charge is 2.32. The molecule has 2 atom stereocenters. The second kappa shape index (κ2) is 7.31. The highest BCUT2D eigenvalue weighted by Crippen LogP contribution is 2.20. The SMILES string of the molecule is CC(C)[C@H](N)C(=O)N1CCC(CN(C)C(=O)OC(C)(C)C)C1. The lowest BCUT2D eigenvalue weighted by Gasteiger charge is -2.27. The molecule has 0 saturated carbocycles. The first kappa shape index (κ1) is 18.7. The maximum absolute atomic E-state index is 12.2. The van der Waals surface area contributed by atoms with E-state index >= 15 is 0 Å². The number of carbonyl (C=O) groups excluding carboxylic acids is 2. The van der Waals surface area contributed by atoms with Gasteiger partial charge in [-0.2, -0.15) is 0 Å². The minimum Gasteiger partial charge on any atom is -0.444 e. The van der Waals surface area contributed by atoms with Gasteiger partial charge in [0.2, 0.25) is 5.91 Å². The van der Waals surface area contributed by atoms with Gasteiger partial charge >= 0.3 is 6.09 Å². The van der Waals surface area contributed by atoms with E-state index in [0.29, 0.717) is 19.6 Å². The Morgan fingerprint density at radius 2 is 1.95 bits per heavy atom. The van der Waals surface area contributed by atoms with Gasteiger partial charge < -0.3 is 20.3 Å². The monoisotopic (exact) mass is 313 g/mol. The fourth-order valence-corrected chi connectivity index (χ4v) is 2.48. The van der Waals surface area contributed by atoms with Gasteiger partial charge in [-0.3, -0.25) is 4.79 Å². The van der Waals surface area contributed by atoms with Crippen molar-refractivity contribution in [3.63, 3.8) is 0 Å². The van der Waals surface area contributed by atoms with Crippen molar-refractivity contribution in [2.75, 3.05) is 26.7 Å². The summed E-state index contributed by atoms with van der Waals surface area (Å²) in [4.78, 5) is 27.6. The molecule has 1 aliphatic rings. The Hall–Kier alpha value is -1.30. The molecule has 0 spiro atoms. The maximum atomic E-state index is 12.2. The summed E-state index contributed by atoms with van der Waals surface area (Å²) >= 11 is 0. The van der Waals surface area contributed by atoms with Crippen LogP contribution in [0.25, 0.3) is 0 Å². The fourth-order valence-electron chi connectivity index (χ4n) is 2.48. The van der Waals surface area contributed by atoms with E-state index in [9.17, 15) is 9.59 Å². The molecule has 6 heteroatoms. The Bertz CT molecular complexity index is 404.